The van der Waals surface area contributed by atoms with Crippen LogP contribution in [0.3, 0.4) is 0 Å². The van der Waals surface area contributed by atoms with E-state index < -0.39 is 0 Å². The van der Waals surface area contributed by atoms with Crippen molar-refractivity contribution in [1.29, 1.82) is 0 Å². The molecule has 0 spiro atoms. The number of nitrogens with one attached hydrogen (secondary N) is 2. The number of carbonyl (C=O) groups is 2. The van der Waals surface area contributed by atoms with E-state index in [1.165, 1.54) is 4.90 Å². The van der Waals surface area contributed by atoms with Crippen LogP contribution in [0.2, 0.25) is 0 Å². The summed E-state index contributed by atoms with van der Waals surface area (Å²) in [6.07, 6.45) is 1.37. The van der Waals surface area contributed by atoms with Gasteiger partial charge in [-0.15, -0.1) is 11.8 Å². The van der Waals surface area contributed by atoms with Crippen LogP contribution in [0, 0.1) is 0 Å². The molecule has 2 atom stereocenters. The molecule has 0 bridgehead atoms. The zero-order valence-electron chi connectivity index (χ0n) is 12.9. The Morgan fingerprint density at radius 3 is 2.22 bits per heavy atom. The lowest BCUT2D eigenvalue weighted by Gasteiger charge is -2.25. The van der Waals surface area contributed by atoms with Gasteiger partial charge in [0.15, 0.2) is 0 Å². The first kappa shape index (κ1) is 17.1. The van der Waals surface area contributed by atoms with Gasteiger partial charge in [-0.05, 0) is 24.6 Å². The summed E-state index contributed by atoms with van der Waals surface area (Å²) < 4.78 is 0. The lowest BCUT2D eigenvalue weighted by atomic mass is 10.1. The summed E-state index contributed by atoms with van der Waals surface area (Å²) in [5.41, 5.74) is 1.12. The van der Waals surface area contributed by atoms with Crippen LogP contribution >= 0.6 is 11.8 Å². The standard InChI is InChI=1S/C9H9NOS.C9H11NO/c11-8-6-9(10-8)12-7-4-2-1-3-5-7;1-8(10-7-11)9-5-3-2-4-6-9/h1-5,9H,6H2,(H,10,11);2-8H,1H3,(H,10,11)/t9-;8-/m10/s1. The summed E-state index contributed by atoms with van der Waals surface area (Å²) in [4.78, 5) is 21.9. The van der Waals surface area contributed by atoms with Crippen molar-refractivity contribution < 1.29 is 9.59 Å². The van der Waals surface area contributed by atoms with Crippen molar-refractivity contribution in [2.45, 2.75) is 29.7 Å². The van der Waals surface area contributed by atoms with Gasteiger partial charge in [0, 0.05) is 4.90 Å². The molecule has 1 aliphatic heterocycles. The minimum absolute atomic E-state index is 0.105. The maximum Gasteiger partial charge on any atom is 0.223 e. The molecule has 0 aromatic heterocycles. The second-order valence-electron chi connectivity index (χ2n) is 5.11. The van der Waals surface area contributed by atoms with E-state index in [4.69, 9.17) is 0 Å². The molecule has 3 rings (SSSR count). The monoisotopic (exact) mass is 328 g/mol. The Labute approximate surface area is 140 Å². The molecule has 1 fully saturated rings. The molecule has 2 aromatic carbocycles. The van der Waals surface area contributed by atoms with Gasteiger partial charge in [0.2, 0.25) is 12.3 Å². The van der Waals surface area contributed by atoms with Crippen LogP contribution in [-0.4, -0.2) is 17.7 Å². The van der Waals surface area contributed by atoms with Crippen molar-refractivity contribution in [1.82, 2.24) is 10.6 Å². The van der Waals surface area contributed by atoms with Gasteiger partial charge in [-0.25, -0.2) is 0 Å². The second-order valence-corrected chi connectivity index (χ2v) is 6.38. The maximum atomic E-state index is 10.6. The van der Waals surface area contributed by atoms with Crippen LogP contribution in [0.25, 0.3) is 0 Å². The molecule has 0 aliphatic carbocycles. The number of amides is 2. The third-order valence-corrected chi connectivity index (χ3v) is 4.45. The van der Waals surface area contributed by atoms with Crippen molar-refractivity contribution in [3.05, 3.63) is 66.2 Å². The minimum atomic E-state index is 0.105. The van der Waals surface area contributed by atoms with Gasteiger partial charge >= 0.3 is 0 Å². The van der Waals surface area contributed by atoms with Crippen molar-refractivity contribution in [3.8, 4) is 0 Å². The number of hydrogen-bond donors (Lipinski definition) is 2. The Kier molecular flexibility index (Phi) is 6.69. The summed E-state index contributed by atoms with van der Waals surface area (Å²) in [6.45, 7) is 1.95. The van der Waals surface area contributed by atoms with Crippen molar-refractivity contribution >= 4 is 24.1 Å². The second kappa shape index (κ2) is 9.00. The lowest BCUT2D eigenvalue weighted by molar-refractivity contribution is -0.126. The number of carbonyl (C=O) groups excluding carboxylic acids is 2. The van der Waals surface area contributed by atoms with Crippen molar-refractivity contribution in [2.75, 3.05) is 0 Å². The van der Waals surface area contributed by atoms with Crippen LogP contribution in [0.4, 0.5) is 0 Å². The predicted molar refractivity (Wildman–Crippen MR) is 92.9 cm³/mol. The highest BCUT2D eigenvalue weighted by Crippen LogP contribution is 2.27. The minimum Gasteiger partial charge on any atom is -0.352 e. The quantitative estimate of drug-likeness (QED) is 0.655. The van der Waals surface area contributed by atoms with E-state index in [1.54, 1.807) is 11.8 Å². The van der Waals surface area contributed by atoms with Crippen molar-refractivity contribution in [2.24, 2.45) is 0 Å². The van der Waals surface area contributed by atoms with Gasteiger partial charge in [0.25, 0.3) is 0 Å². The molecule has 5 heteroatoms. The highest BCUT2D eigenvalue weighted by molar-refractivity contribution is 8.00. The van der Waals surface area contributed by atoms with Gasteiger partial charge in [0.1, 0.15) is 0 Å². The molecule has 120 valence electrons. The summed E-state index contributed by atoms with van der Waals surface area (Å²) in [7, 11) is 0. The van der Waals surface area contributed by atoms with Crippen LogP contribution in [0.1, 0.15) is 24.9 Å². The van der Waals surface area contributed by atoms with Gasteiger partial charge < -0.3 is 10.6 Å². The zero-order chi connectivity index (χ0) is 16.5. The average Bonchev–Trinajstić information content (AvgIpc) is 2.56. The number of benzene rings is 2. The fourth-order valence-electron chi connectivity index (χ4n) is 2.00. The van der Waals surface area contributed by atoms with E-state index in [1.807, 2.05) is 55.5 Å². The fourth-order valence-corrected chi connectivity index (χ4v) is 3.07. The molecule has 1 saturated heterocycles. The van der Waals surface area contributed by atoms with Gasteiger partial charge in [-0.1, -0.05) is 48.5 Å². The molecule has 0 saturated carbocycles. The van der Waals surface area contributed by atoms with Crippen LogP contribution in [-0.2, 0) is 9.59 Å². The maximum absolute atomic E-state index is 10.6. The van der Waals surface area contributed by atoms with E-state index in [-0.39, 0.29) is 11.9 Å². The van der Waals surface area contributed by atoms with E-state index >= 15 is 0 Å². The molecule has 0 unspecified atom stereocenters. The number of rotatable bonds is 5. The summed E-state index contributed by atoms with van der Waals surface area (Å²) in [6, 6.07) is 20.0. The molecule has 2 N–H and O–H groups in total. The average molecular weight is 328 g/mol. The molecule has 1 heterocycles. The summed E-state index contributed by atoms with van der Waals surface area (Å²) >= 11 is 1.70. The molecule has 2 amide bonds. The Balaban J connectivity index is 0.000000168. The molecule has 2 aromatic rings. The zero-order valence-corrected chi connectivity index (χ0v) is 13.8. The van der Waals surface area contributed by atoms with Crippen LogP contribution < -0.4 is 10.6 Å². The van der Waals surface area contributed by atoms with Crippen LogP contribution in [0.15, 0.2) is 65.6 Å². The highest BCUT2D eigenvalue weighted by atomic mass is 32.2. The molecular weight excluding hydrogens is 308 g/mol. The van der Waals surface area contributed by atoms with E-state index in [2.05, 4.69) is 22.8 Å². The molecule has 0 radical (unpaired) electrons. The first-order valence-corrected chi connectivity index (χ1v) is 8.32. The van der Waals surface area contributed by atoms with E-state index in [0.29, 0.717) is 11.8 Å². The molecule has 1 aliphatic rings. The number of thioether (sulfide) groups is 1. The summed E-state index contributed by atoms with van der Waals surface area (Å²) in [5.74, 6) is 0.156. The third-order valence-electron chi connectivity index (χ3n) is 3.33. The first-order chi connectivity index (χ1) is 11.2. The van der Waals surface area contributed by atoms with Gasteiger partial charge in [0.05, 0.1) is 17.8 Å². The molecular formula is C18H20N2O2S. The molecule has 4 nitrogen and oxygen atoms in total. The number of β-lactam (4-membered cyclic amide) rings is 1. The molecule has 23 heavy (non-hydrogen) atoms. The Bertz CT molecular complexity index is 611. The fraction of sp³-hybridized carbons (Fsp3) is 0.222. The SMILES string of the molecule is C[C@H](NC=O)c1ccccc1.O=C1C[C@@H](Sc2ccccc2)N1. The normalized spacial score (nSPS) is 16.9. The highest BCUT2D eigenvalue weighted by Gasteiger charge is 2.25. The third kappa shape index (κ3) is 5.79. The van der Waals surface area contributed by atoms with Crippen molar-refractivity contribution in [3.63, 3.8) is 0 Å². The van der Waals surface area contributed by atoms with Gasteiger partial charge in [-0.2, -0.15) is 0 Å². The van der Waals surface area contributed by atoms with E-state index in [9.17, 15) is 9.59 Å². The van der Waals surface area contributed by atoms with Gasteiger partial charge in [-0.3, -0.25) is 9.59 Å². The Morgan fingerprint density at radius 1 is 1.13 bits per heavy atom. The first-order valence-electron chi connectivity index (χ1n) is 7.44. The topological polar surface area (TPSA) is 58.2 Å². The number of hydrogen-bond acceptors (Lipinski definition) is 3. The van der Waals surface area contributed by atoms with Crippen LogP contribution in [0.5, 0.6) is 0 Å². The lowest BCUT2D eigenvalue weighted by Crippen LogP contribution is -2.46. The van der Waals surface area contributed by atoms with E-state index in [0.717, 1.165) is 12.0 Å². The predicted octanol–water partition coefficient (Wildman–Crippen LogP) is 3.12. The Morgan fingerprint density at radius 2 is 1.70 bits per heavy atom. The smallest absolute Gasteiger partial charge is 0.223 e. The largest absolute Gasteiger partial charge is 0.352 e. The Hall–Kier alpha value is -2.27. The summed E-state index contributed by atoms with van der Waals surface area (Å²) in [5, 5.41) is 5.79.